The Morgan fingerprint density at radius 3 is 2.39 bits per heavy atom. The summed E-state index contributed by atoms with van der Waals surface area (Å²) < 4.78 is 46.2. The molecule has 0 aliphatic rings. The zero-order valence-electron chi connectivity index (χ0n) is 18.1. The molecule has 1 heterocycles. The highest BCUT2D eigenvalue weighted by atomic mass is 35.5. The van der Waals surface area contributed by atoms with Crippen LogP contribution in [0.4, 0.5) is 18.9 Å². The Bertz CT molecular complexity index is 1190. The molecule has 10 heteroatoms. The number of ether oxygens (including phenoxy) is 1. The zero-order chi connectivity index (χ0) is 24.3. The first-order valence-corrected chi connectivity index (χ1v) is 10.3. The Kier molecular flexibility index (Phi) is 7.12. The number of hydrogen-bond acceptors (Lipinski definition) is 4. The fourth-order valence-electron chi connectivity index (χ4n) is 3.26. The number of amides is 1. The largest absolute Gasteiger partial charge is 0.452 e. The van der Waals surface area contributed by atoms with Gasteiger partial charge in [-0.3, -0.25) is 9.48 Å². The van der Waals surface area contributed by atoms with Crippen LogP contribution >= 0.6 is 11.6 Å². The molecule has 174 valence electrons. The predicted molar refractivity (Wildman–Crippen MR) is 117 cm³/mol. The second-order valence-corrected chi connectivity index (χ2v) is 7.94. The lowest BCUT2D eigenvalue weighted by Gasteiger charge is -2.14. The minimum absolute atomic E-state index is 0.125. The van der Waals surface area contributed by atoms with Crippen molar-refractivity contribution in [2.45, 2.75) is 33.5 Å². The van der Waals surface area contributed by atoms with E-state index in [1.807, 2.05) is 31.2 Å². The molecule has 0 fully saturated rings. The van der Waals surface area contributed by atoms with Crippen LogP contribution in [-0.2, 0) is 22.3 Å². The number of aromatic nitrogens is 2. The van der Waals surface area contributed by atoms with Crippen molar-refractivity contribution >= 4 is 29.2 Å². The molecule has 0 spiro atoms. The van der Waals surface area contributed by atoms with Gasteiger partial charge in [0.05, 0.1) is 29.2 Å². The maximum Gasteiger partial charge on any atom is 0.418 e. The summed E-state index contributed by atoms with van der Waals surface area (Å²) in [7, 11) is 0. The first kappa shape index (κ1) is 24.3. The lowest BCUT2D eigenvalue weighted by Crippen LogP contribution is -2.23. The van der Waals surface area contributed by atoms with Crippen molar-refractivity contribution in [1.29, 1.82) is 0 Å². The lowest BCUT2D eigenvalue weighted by molar-refractivity contribution is -0.137. The molecule has 0 aliphatic carbocycles. The van der Waals surface area contributed by atoms with Crippen LogP contribution in [0.2, 0.25) is 5.02 Å². The van der Waals surface area contributed by atoms with Crippen LogP contribution in [0.25, 0.3) is 0 Å². The van der Waals surface area contributed by atoms with Crippen LogP contribution < -0.4 is 5.32 Å². The number of hydrogen-bond donors (Lipinski definition) is 1. The summed E-state index contributed by atoms with van der Waals surface area (Å²) in [6.07, 6.45) is -4.72. The monoisotopic (exact) mass is 479 g/mol. The second-order valence-electron chi connectivity index (χ2n) is 7.50. The lowest BCUT2D eigenvalue weighted by atomic mass is 10.1. The highest BCUT2D eigenvalue weighted by molar-refractivity contribution is 6.30. The number of carbonyl (C=O) groups is 2. The Hall–Kier alpha value is -3.33. The topological polar surface area (TPSA) is 73.2 Å². The van der Waals surface area contributed by atoms with E-state index < -0.39 is 35.9 Å². The molecule has 0 aliphatic heterocycles. The smallest absolute Gasteiger partial charge is 0.418 e. The average molecular weight is 480 g/mol. The number of nitrogens with zero attached hydrogens (tertiary/aromatic N) is 2. The van der Waals surface area contributed by atoms with Crippen molar-refractivity contribution in [2.24, 2.45) is 0 Å². The maximum absolute atomic E-state index is 13.2. The fraction of sp³-hybridized carbons (Fsp3) is 0.261. The number of alkyl halides is 3. The Labute approximate surface area is 193 Å². The molecule has 33 heavy (non-hydrogen) atoms. The molecule has 0 atom stereocenters. The molecule has 0 bridgehead atoms. The van der Waals surface area contributed by atoms with E-state index in [1.54, 1.807) is 18.5 Å². The summed E-state index contributed by atoms with van der Waals surface area (Å²) in [5, 5.41) is 6.35. The third kappa shape index (κ3) is 5.92. The van der Waals surface area contributed by atoms with Crippen molar-refractivity contribution in [3.8, 4) is 0 Å². The number of rotatable bonds is 6. The van der Waals surface area contributed by atoms with Gasteiger partial charge < -0.3 is 10.1 Å². The van der Waals surface area contributed by atoms with E-state index in [-0.39, 0.29) is 10.6 Å². The molecule has 0 radical (unpaired) electrons. The Balaban J connectivity index is 1.67. The van der Waals surface area contributed by atoms with E-state index in [9.17, 15) is 22.8 Å². The van der Waals surface area contributed by atoms with Gasteiger partial charge in [0.15, 0.2) is 6.61 Å². The van der Waals surface area contributed by atoms with Gasteiger partial charge in [-0.2, -0.15) is 18.3 Å². The molecule has 0 saturated carbocycles. The SMILES string of the molecule is Cc1ccc(Cn2nc(C)c(C(=O)OCC(=O)Nc3ccc(Cl)cc3C(F)(F)F)c2C)cc1. The average Bonchev–Trinajstić information content (AvgIpc) is 3.01. The molecule has 1 amide bonds. The van der Waals surface area contributed by atoms with Gasteiger partial charge in [-0.1, -0.05) is 41.4 Å². The Morgan fingerprint density at radius 2 is 1.76 bits per heavy atom. The maximum atomic E-state index is 13.2. The van der Waals surface area contributed by atoms with E-state index >= 15 is 0 Å². The Morgan fingerprint density at radius 1 is 1.09 bits per heavy atom. The number of carbonyl (C=O) groups excluding carboxylic acids is 2. The molecule has 1 N–H and O–H groups in total. The number of halogens is 4. The molecule has 2 aromatic carbocycles. The van der Waals surface area contributed by atoms with Gasteiger partial charge in [0.1, 0.15) is 5.56 Å². The van der Waals surface area contributed by atoms with E-state index in [0.717, 1.165) is 17.2 Å². The predicted octanol–water partition coefficient (Wildman–Crippen LogP) is 5.32. The van der Waals surface area contributed by atoms with Gasteiger partial charge >= 0.3 is 12.1 Å². The number of anilines is 1. The van der Waals surface area contributed by atoms with Gasteiger partial charge in [0.2, 0.25) is 0 Å². The summed E-state index contributed by atoms with van der Waals surface area (Å²) in [5.74, 6) is -1.71. The summed E-state index contributed by atoms with van der Waals surface area (Å²) in [6, 6.07) is 10.8. The van der Waals surface area contributed by atoms with Gasteiger partial charge in [0, 0.05) is 5.02 Å². The minimum atomic E-state index is -4.72. The first-order valence-electron chi connectivity index (χ1n) is 9.89. The van der Waals surface area contributed by atoms with Crippen molar-refractivity contribution in [3.63, 3.8) is 0 Å². The van der Waals surface area contributed by atoms with Gasteiger partial charge in [-0.05, 0) is 44.5 Å². The molecule has 3 rings (SSSR count). The third-order valence-electron chi connectivity index (χ3n) is 4.93. The van der Waals surface area contributed by atoms with E-state index in [1.165, 1.54) is 6.07 Å². The quantitative estimate of drug-likeness (QED) is 0.485. The fourth-order valence-corrected chi connectivity index (χ4v) is 3.43. The molecule has 3 aromatic rings. The van der Waals surface area contributed by atoms with E-state index in [0.29, 0.717) is 24.0 Å². The normalized spacial score (nSPS) is 11.4. The van der Waals surface area contributed by atoms with Crippen molar-refractivity contribution in [3.05, 3.63) is 81.1 Å². The molecule has 1 aromatic heterocycles. The van der Waals surface area contributed by atoms with E-state index in [4.69, 9.17) is 16.3 Å². The number of benzene rings is 2. The summed E-state index contributed by atoms with van der Waals surface area (Å²) >= 11 is 5.63. The number of esters is 1. The van der Waals surface area contributed by atoms with Crippen molar-refractivity contribution < 1.29 is 27.5 Å². The van der Waals surface area contributed by atoms with Crippen LogP contribution in [0.3, 0.4) is 0 Å². The molecular weight excluding hydrogens is 459 g/mol. The number of nitrogens with one attached hydrogen (secondary N) is 1. The zero-order valence-corrected chi connectivity index (χ0v) is 18.8. The van der Waals surface area contributed by atoms with Gasteiger partial charge in [0.25, 0.3) is 5.91 Å². The van der Waals surface area contributed by atoms with Crippen LogP contribution in [0, 0.1) is 20.8 Å². The highest BCUT2D eigenvalue weighted by Gasteiger charge is 2.34. The summed E-state index contributed by atoms with van der Waals surface area (Å²) in [6.45, 7) is 5.00. The van der Waals surface area contributed by atoms with Crippen LogP contribution in [0.1, 0.15) is 38.4 Å². The molecule has 6 nitrogen and oxygen atoms in total. The van der Waals surface area contributed by atoms with Crippen molar-refractivity contribution in [2.75, 3.05) is 11.9 Å². The summed E-state index contributed by atoms with van der Waals surface area (Å²) in [5.41, 5.74) is 1.71. The van der Waals surface area contributed by atoms with E-state index in [2.05, 4.69) is 10.4 Å². The van der Waals surface area contributed by atoms with Crippen molar-refractivity contribution in [1.82, 2.24) is 9.78 Å². The molecule has 0 saturated heterocycles. The highest BCUT2D eigenvalue weighted by Crippen LogP contribution is 2.36. The van der Waals surface area contributed by atoms with Crippen LogP contribution in [0.15, 0.2) is 42.5 Å². The first-order chi connectivity index (χ1) is 15.5. The summed E-state index contributed by atoms with van der Waals surface area (Å²) in [4.78, 5) is 24.7. The van der Waals surface area contributed by atoms with Crippen LogP contribution in [-0.4, -0.2) is 28.3 Å². The third-order valence-corrected chi connectivity index (χ3v) is 5.17. The minimum Gasteiger partial charge on any atom is -0.452 e. The molecular formula is C23H21ClF3N3O3. The molecule has 0 unspecified atom stereocenters. The second kappa shape index (κ2) is 9.66. The number of aryl methyl sites for hydroxylation is 2. The van der Waals surface area contributed by atoms with Gasteiger partial charge in [-0.25, -0.2) is 4.79 Å². The van der Waals surface area contributed by atoms with Crippen LogP contribution in [0.5, 0.6) is 0 Å². The van der Waals surface area contributed by atoms with Gasteiger partial charge in [-0.15, -0.1) is 0 Å². The standard InChI is InChI=1S/C23H21ClF3N3O3/c1-13-4-6-16(7-5-13)11-30-15(3)21(14(2)29-30)22(32)33-12-20(31)28-19-9-8-17(24)10-18(19)23(25,26)27/h4-10H,11-12H2,1-3H3,(H,28,31).